The number of rotatable bonds is 3. The molecule has 2 aromatic carbocycles. The average molecular weight is 390 g/mol. The zero-order valence-electron chi connectivity index (χ0n) is 13.5. The Balaban J connectivity index is 1.88. The molecule has 0 fully saturated rings. The van der Waals surface area contributed by atoms with Gasteiger partial charge in [0, 0.05) is 0 Å². The van der Waals surface area contributed by atoms with Crippen LogP contribution in [0.1, 0.15) is 21.5 Å². The van der Waals surface area contributed by atoms with Gasteiger partial charge >= 0.3 is 6.18 Å². The number of carbonyl (C=O) groups excluding carboxylic acids is 1. The summed E-state index contributed by atoms with van der Waals surface area (Å²) in [6.45, 7) is 0. The van der Waals surface area contributed by atoms with Gasteiger partial charge in [0.15, 0.2) is 0 Å². The minimum Gasteiger partial charge on any atom is -0.312 e. The monoisotopic (exact) mass is 390 g/mol. The summed E-state index contributed by atoms with van der Waals surface area (Å²) in [5.74, 6) is -1.63. The van der Waals surface area contributed by atoms with Gasteiger partial charge in [-0.3, -0.25) is 4.79 Å². The number of nitriles is 1. The lowest BCUT2D eigenvalue weighted by Crippen LogP contribution is -2.13. The highest BCUT2D eigenvalue weighted by Crippen LogP contribution is 2.32. The second-order valence-corrected chi connectivity index (χ2v) is 6.42. The molecule has 1 N–H and O–H groups in total. The number of halogens is 4. The smallest absolute Gasteiger partial charge is 0.312 e. The number of hydrogen-bond acceptors (Lipinski definition) is 3. The molecule has 0 saturated heterocycles. The number of benzene rings is 2. The van der Waals surface area contributed by atoms with Crippen LogP contribution in [-0.4, -0.2) is 5.91 Å². The second-order valence-electron chi connectivity index (χ2n) is 5.50. The van der Waals surface area contributed by atoms with E-state index in [4.69, 9.17) is 5.26 Å². The predicted octanol–water partition coefficient (Wildman–Crippen LogP) is 5.70. The number of carbonyl (C=O) groups is 1. The van der Waals surface area contributed by atoms with Crippen molar-refractivity contribution in [3.63, 3.8) is 0 Å². The summed E-state index contributed by atoms with van der Waals surface area (Å²) in [6, 6.07) is 11.5. The molecule has 136 valence electrons. The number of anilines is 1. The zero-order valence-corrected chi connectivity index (χ0v) is 14.3. The molecule has 0 aliphatic carbocycles. The van der Waals surface area contributed by atoms with Crippen molar-refractivity contribution in [2.75, 3.05) is 5.32 Å². The van der Waals surface area contributed by atoms with Crippen molar-refractivity contribution in [1.29, 1.82) is 5.26 Å². The molecule has 0 unspecified atom stereocenters. The molecule has 0 atom stereocenters. The second kappa shape index (κ2) is 7.21. The summed E-state index contributed by atoms with van der Waals surface area (Å²) in [4.78, 5) is 12.2. The molecule has 3 aromatic rings. The maximum absolute atomic E-state index is 14.4. The number of thiophene rings is 1. The van der Waals surface area contributed by atoms with Gasteiger partial charge in [-0.05, 0) is 46.8 Å². The first-order chi connectivity index (χ1) is 12.8. The van der Waals surface area contributed by atoms with Crippen LogP contribution in [0.4, 0.5) is 22.6 Å². The molecule has 27 heavy (non-hydrogen) atoms. The van der Waals surface area contributed by atoms with Crippen LogP contribution in [0.2, 0.25) is 0 Å². The third kappa shape index (κ3) is 3.99. The summed E-state index contributed by atoms with van der Waals surface area (Å²) in [5, 5.41) is 13.3. The number of nitrogens with one attached hydrogen (secondary N) is 1. The minimum absolute atomic E-state index is 0.181. The van der Waals surface area contributed by atoms with Crippen LogP contribution in [0.25, 0.3) is 11.1 Å². The van der Waals surface area contributed by atoms with E-state index in [1.807, 2.05) is 6.07 Å². The van der Waals surface area contributed by atoms with E-state index >= 15 is 0 Å². The molecule has 0 bridgehead atoms. The van der Waals surface area contributed by atoms with E-state index in [9.17, 15) is 22.4 Å². The van der Waals surface area contributed by atoms with Gasteiger partial charge in [-0.2, -0.15) is 18.4 Å². The lowest BCUT2D eigenvalue weighted by molar-refractivity contribution is -0.137. The first kappa shape index (κ1) is 18.6. The maximum atomic E-state index is 14.4. The fraction of sp³-hybridized carbons (Fsp3) is 0.0526. The summed E-state index contributed by atoms with van der Waals surface area (Å²) in [7, 11) is 0. The lowest BCUT2D eigenvalue weighted by Gasteiger charge is -2.10. The van der Waals surface area contributed by atoms with Gasteiger partial charge in [0.2, 0.25) is 0 Å². The number of alkyl halides is 3. The molecule has 3 nitrogen and oxygen atoms in total. The van der Waals surface area contributed by atoms with Crippen molar-refractivity contribution < 1.29 is 22.4 Å². The Labute approximate surface area is 155 Å². The predicted molar refractivity (Wildman–Crippen MR) is 93.8 cm³/mol. The number of nitrogens with zero attached hydrogens (tertiary/aromatic N) is 1. The molecular weight excluding hydrogens is 380 g/mol. The standard InChI is InChI=1S/C19H10F4N2OS/c20-16-9-12(11-2-1-3-14(8-11)19(21,22)23)4-5-15(16)17(26)25-18-13(10-24)6-7-27-18/h1-9H,(H,25,26). The highest BCUT2D eigenvalue weighted by Gasteiger charge is 2.30. The van der Waals surface area contributed by atoms with Crippen molar-refractivity contribution in [1.82, 2.24) is 0 Å². The van der Waals surface area contributed by atoms with E-state index in [-0.39, 0.29) is 22.3 Å². The van der Waals surface area contributed by atoms with E-state index < -0.39 is 23.5 Å². The van der Waals surface area contributed by atoms with Crippen molar-refractivity contribution in [3.8, 4) is 17.2 Å². The Morgan fingerprint density at radius 3 is 2.48 bits per heavy atom. The quantitative estimate of drug-likeness (QED) is 0.584. The normalized spacial score (nSPS) is 11.1. The van der Waals surface area contributed by atoms with Gasteiger partial charge in [0.05, 0.1) is 16.7 Å². The van der Waals surface area contributed by atoms with Gasteiger partial charge in [0.25, 0.3) is 5.91 Å². The van der Waals surface area contributed by atoms with Crippen molar-refractivity contribution >= 4 is 22.2 Å². The highest BCUT2D eigenvalue weighted by atomic mass is 32.1. The zero-order chi connectivity index (χ0) is 19.6. The van der Waals surface area contributed by atoms with Crippen molar-refractivity contribution in [3.05, 3.63) is 76.4 Å². The maximum Gasteiger partial charge on any atom is 0.416 e. The molecule has 3 rings (SSSR count). The third-order valence-electron chi connectivity index (χ3n) is 3.75. The number of amides is 1. The molecule has 0 aliphatic heterocycles. The highest BCUT2D eigenvalue weighted by molar-refractivity contribution is 7.14. The van der Waals surface area contributed by atoms with Crippen molar-refractivity contribution in [2.45, 2.75) is 6.18 Å². The van der Waals surface area contributed by atoms with Crippen LogP contribution >= 0.6 is 11.3 Å². The van der Waals surface area contributed by atoms with Crippen LogP contribution in [-0.2, 0) is 6.18 Å². The van der Waals surface area contributed by atoms with Crippen LogP contribution in [0.5, 0.6) is 0 Å². The van der Waals surface area contributed by atoms with Crippen LogP contribution < -0.4 is 5.32 Å². The lowest BCUT2D eigenvalue weighted by atomic mass is 10.0. The van der Waals surface area contributed by atoms with Gasteiger partial charge in [-0.15, -0.1) is 11.3 Å². The Hall–Kier alpha value is -3.18. The Morgan fingerprint density at radius 1 is 1.07 bits per heavy atom. The van der Waals surface area contributed by atoms with Gasteiger partial charge in [-0.1, -0.05) is 18.2 Å². The third-order valence-corrected chi connectivity index (χ3v) is 4.58. The molecule has 1 amide bonds. The molecular formula is C19H10F4N2OS. The van der Waals surface area contributed by atoms with Crippen LogP contribution in [0.3, 0.4) is 0 Å². The molecule has 0 aliphatic rings. The Bertz CT molecular complexity index is 1050. The molecule has 0 saturated carbocycles. The van der Waals surface area contributed by atoms with Gasteiger partial charge in [-0.25, -0.2) is 4.39 Å². The Kier molecular flexibility index (Phi) is 4.97. The fourth-order valence-electron chi connectivity index (χ4n) is 2.42. The van der Waals surface area contributed by atoms with Gasteiger partial charge in [0.1, 0.15) is 16.9 Å². The first-order valence-electron chi connectivity index (χ1n) is 7.55. The SMILES string of the molecule is N#Cc1ccsc1NC(=O)c1ccc(-c2cccc(C(F)(F)F)c2)cc1F. The van der Waals surface area contributed by atoms with Crippen LogP contribution in [0, 0.1) is 17.1 Å². The molecule has 0 radical (unpaired) electrons. The molecule has 8 heteroatoms. The van der Waals surface area contributed by atoms with Crippen LogP contribution in [0.15, 0.2) is 53.9 Å². The summed E-state index contributed by atoms with van der Waals surface area (Å²) >= 11 is 1.12. The minimum atomic E-state index is -4.51. The van der Waals surface area contributed by atoms with E-state index in [1.165, 1.54) is 30.3 Å². The van der Waals surface area contributed by atoms with Gasteiger partial charge < -0.3 is 5.32 Å². The first-order valence-corrected chi connectivity index (χ1v) is 8.43. The van der Waals surface area contributed by atoms with E-state index in [2.05, 4.69) is 5.32 Å². The summed E-state index contributed by atoms with van der Waals surface area (Å²) in [5.41, 5.74) is -0.467. The fourth-order valence-corrected chi connectivity index (χ4v) is 3.15. The Morgan fingerprint density at radius 2 is 1.81 bits per heavy atom. The molecule has 1 heterocycles. The summed E-state index contributed by atoms with van der Waals surface area (Å²) in [6.07, 6.45) is -4.51. The van der Waals surface area contributed by atoms with E-state index in [1.54, 1.807) is 5.38 Å². The molecule has 0 spiro atoms. The number of hydrogen-bond donors (Lipinski definition) is 1. The van der Waals surface area contributed by atoms with E-state index in [0.717, 1.165) is 29.5 Å². The van der Waals surface area contributed by atoms with E-state index in [0.29, 0.717) is 5.00 Å². The largest absolute Gasteiger partial charge is 0.416 e. The average Bonchev–Trinajstić information content (AvgIpc) is 3.08. The topological polar surface area (TPSA) is 52.9 Å². The molecule has 1 aromatic heterocycles. The van der Waals surface area contributed by atoms with Crippen molar-refractivity contribution in [2.24, 2.45) is 0 Å². The summed E-state index contributed by atoms with van der Waals surface area (Å²) < 4.78 is 52.9.